The summed E-state index contributed by atoms with van der Waals surface area (Å²) in [6.45, 7) is 0.704. The zero-order valence-electron chi connectivity index (χ0n) is 11.6. The van der Waals surface area contributed by atoms with Crippen molar-refractivity contribution in [3.05, 3.63) is 23.8 Å². The highest BCUT2D eigenvalue weighted by Gasteiger charge is 2.19. The van der Waals surface area contributed by atoms with Crippen molar-refractivity contribution in [3.63, 3.8) is 0 Å². The summed E-state index contributed by atoms with van der Waals surface area (Å²) in [6, 6.07) is 6.11. The lowest BCUT2D eigenvalue weighted by Gasteiger charge is -2.25. The highest BCUT2D eigenvalue weighted by Crippen LogP contribution is 2.34. The van der Waals surface area contributed by atoms with Gasteiger partial charge in [-0.3, -0.25) is 0 Å². The number of thioether (sulfide) groups is 1. The molecule has 0 saturated carbocycles. The molecular formula is C15H23NO2S. The summed E-state index contributed by atoms with van der Waals surface area (Å²) < 4.78 is 11.7. The van der Waals surface area contributed by atoms with Crippen LogP contribution in [0.4, 0.5) is 0 Å². The Balaban J connectivity index is 2.14. The van der Waals surface area contributed by atoms with Crippen molar-refractivity contribution in [1.29, 1.82) is 0 Å². The second-order valence-corrected chi connectivity index (χ2v) is 5.95. The summed E-state index contributed by atoms with van der Waals surface area (Å²) in [4.78, 5) is 0. The molecule has 0 bridgehead atoms. The van der Waals surface area contributed by atoms with Crippen LogP contribution in [0.3, 0.4) is 0 Å². The average Bonchev–Trinajstić information content (AvgIpc) is 2.47. The Morgan fingerprint density at radius 1 is 1.42 bits per heavy atom. The van der Waals surface area contributed by atoms with Crippen LogP contribution in [-0.2, 0) is 6.42 Å². The van der Waals surface area contributed by atoms with E-state index in [9.17, 15) is 0 Å². The van der Waals surface area contributed by atoms with Crippen LogP contribution in [0.25, 0.3) is 0 Å². The Morgan fingerprint density at radius 2 is 2.32 bits per heavy atom. The number of methoxy groups -OCH3 is 1. The van der Waals surface area contributed by atoms with E-state index in [0.717, 1.165) is 36.5 Å². The summed E-state index contributed by atoms with van der Waals surface area (Å²) >= 11 is 1.97. The molecule has 0 amide bonds. The van der Waals surface area contributed by atoms with Crippen molar-refractivity contribution >= 4 is 11.8 Å². The smallest absolute Gasteiger partial charge is 0.164 e. The van der Waals surface area contributed by atoms with Gasteiger partial charge in [-0.1, -0.05) is 12.1 Å². The summed E-state index contributed by atoms with van der Waals surface area (Å²) in [7, 11) is 1.70. The summed E-state index contributed by atoms with van der Waals surface area (Å²) in [5.41, 5.74) is 6.81. The van der Waals surface area contributed by atoms with Crippen LogP contribution in [0.15, 0.2) is 18.2 Å². The van der Waals surface area contributed by atoms with E-state index in [1.807, 2.05) is 23.9 Å². The Labute approximate surface area is 119 Å². The molecule has 0 spiro atoms. The standard InChI is InChI=1S/C15H23NO2S/c1-17-14-8-2-5-12(6-3-9-16)15(14)18-13-7-4-10-19-11-13/h2,5,8,13H,3-4,6-7,9-11,16H2,1H3. The number of aryl methyl sites for hydroxylation is 1. The number of benzene rings is 1. The molecule has 0 aromatic heterocycles. The van der Waals surface area contributed by atoms with Gasteiger partial charge in [0, 0.05) is 5.75 Å². The van der Waals surface area contributed by atoms with E-state index in [2.05, 4.69) is 6.07 Å². The van der Waals surface area contributed by atoms with Crippen molar-refractivity contribution < 1.29 is 9.47 Å². The van der Waals surface area contributed by atoms with Crippen LogP contribution in [0.2, 0.25) is 0 Å². The molecule has 4 heteroatoms. The molecule has 2 N–H and O–H groups in total. The lowest BCUT2D eigenvalue weighted by molar-refractivity contribution is 0.200. The molecule has 0 radical (unpaired) electrons. The van der Waals surface area contributed by atoms with Crippen LogP contribution < -0.4 is 15.2 Å². The molecular weight excluding hydrogens is 258 g/mol. The molecule has 1 heterocycles. The van der Waals surface area contributed by atoms with Crippen molar-refractivity contribution in [2.24, 2.45) is 5.73 Å². The van der Waals surface area contributed by atoms with Crippen molar-refractivity contribution in [3.8, 4) is 11.5 Å². The first kappa shape index (κ1) is 14.5. The maximum Gasteiger partial charge on any atom is 0.164 e. The molecule has 19 heavy (non-hydrogen) atoms. The third-order valence-electron chi connectivity index (χ3n) is 3.33. The molecule has 1 aliphatic heterocycles. The normalized spacial score (nSPS) is 19.2. The van der Waals surface area contributed by atoms with Gasteiger partial charge in [0.05, 0.1) is 7.11 Å². The van der Waals surface area contributed by atoms with Crippen LogP contribution in [0.5, 0.6) is 11.5 Å². The van der Waals surface area contributed by atoms with E-state index in [0.29, 0.717) is 12.6 Å². The monoisotopic (exact) mass is 281 g/mol. The molecule has 3 nitrogen and oxygen atoms in total. The first-order chi connectivity index (χ1) is 9.35. The Bertz CT molecular complexity index is 392. The average molecular weight is 281 g/mol. The van der Waals surface area contributed by atoms with Crippen molar-refractivity contribution in [2.75, 3.05) is 25.2 Å². The number of nitrogens with two attached hydrogens (primary N) is 1. The first-order valence-electron chi connectivity index (χ1n) is 6.95. The number of ether oxygens (including phenoxy) is 2. The van der Waals surface area contributed by atoms with E-state index in [1.165, 1.54) is 17.7 Å². The van der Waals surface area contributed by atoms with Gasteiger partial charge in [-0.05, 0) is 49.6 Å². The van der Waals surface area contributed by atoms with Gasteiger partial charge in [-0.15, -0.1) is 0 Å². The van der Waals surface area contributed by atoms with Gasteiger partial charge >= 0.3 is 0 Å². The van der Waals surface area contributed by atoms with Crippen LogP contribution in [-0.4, -0.2) is 31.3 Å². The SMILES string of the molecule is COc1cccc(CCCN)c1OC1CCCSC1. The molecule has 1 aliphatic rings. The van der Waals surface area contributed by atoms with E-state index >= 15 is 0 Å². The number of rotatable bonds is 6. The molecule has 1 aromatic rings. The minimum absolute atomic E-state index is 0.312. The Hall–Kier alpha value is -0.870. The predicted octanol–water partition coefficient (Wildman–Crippen LogP) is 2.86. The Morgan fingerprint density at radius 3 is 3.00 bits per heavy atom. The van der Waals surface area contributed by atoms with E-state index in [1.54, 1.807) is 7.11 Å². The first-order valence-corrected chi connectivity index (χ1v) is 8.11. The lowest BCUT2D eigenvalue weighted by atomic mass is 10.1. The van der Waals surface area contributed by atoms with Gasteiger partial charge in [0.25, 0.3) is 0 Å². The number of para-hydroxylation sites is 1. The maximum absolute atomic E-state index is 6.22. The van der Waals surface area contributed by atoms with E-state index in [-0.39, 0.29) is 0 Å². The highest BCUT2D eigenvalue weighted by molar-refractivity contribution is 7.99. The Kier molecular flexibility index (Phi) is 5.86. The fourth-order valence-electron chi connectivity index (χ4n) is 2.32. The molecule has 106 valence electrons. The molecule has 1 fully saturated rings. The fraction of sp³-hybridized carbons (Fsp3) is 0.600. The van der Waals surface area contributed by atoms with Gasteiger partial charge in [0.2, 0.25) is 0 Å². The summed E-state index contributed by atoms with van der Waals surface area (Å²) in [5.74, 6) is 4.09. The van der Waals surface area contributed by atoms with Gasteiger partial charge in [0.15, 0.2) is 11.5 Å². The molecule has 1 unspecified atom stereocenters. The van der Waals surface area contributed by atoms with Crippen LogP contribution in [0.1, 0.15) is 24.8 Å². The summed E-state index contributed by atoms with van der Waals surface area (Å²) in [5, 5.41) is 0. The van der Waals surface area contributed by atoms with Crippen molar-refractivity contribution in [2.45, 2.75) is 31.8 Å². The topological polar surface area (TPSA) is 44.5 Å². The lowest BCUT2D eigenvalue weighted by Crippen LogP contribution is -2.24. The second-order valence-electron chi connectivity index (χ2n) is 4.80. The van der Waals surface area contributed by atoms with E-state index < -0.39 is 0 Å². The number of hydrogen-bond acceptors (Lipinski definition) is 4. The molecule has 2 rings (SSSR count). The maximum atomic E-state index is 6.22. The van der Waals surface area contributed by atoms with Gasteiger partial charge < -0.3 is 15.2 Å². The van der Waals surface area contributed by atoms with Gasteiger partial charge in [-0.25, -0.2) is 0 Å². The molecule has 1 saturated heterocycles. The molecule has 1 atom stereocenters. The van der Waals surface area contributed by atoms with Crippen LogP contribution >= 0.6 is 11.8 Å². The van der Waals surface area contributed by atoms with Gasteiger partial charge in [-0.2, -0.15) is 11.8 Å². The second kappa shape index (κ2) is 7.65. The minimum Gasteiger partial charge on any atom is -0.493 e. The van der Waals surface area contributed by atoms with E-state index in [4.69, 9.17) is 15.2 Å². The molecule has 1 aromatic carbocycles. The third-order valence-corrected chi connectivity index (χ3v) is 4.52. The fourth-order valence-corrected chi connectivity index (χ4v) is 3.35. The quantitative estimate of drug-likeness (QED) is 0.871. The third kappa shape index (κ3) is 4.05. The number of hydrogen-bond donors (Lipinski definition) is 1. The highest BCUT2D eigenvalue weighted by atomic mass is 32.2. The minimum atomic E-state index is 0.312. The predicted molar refractivity (Wildman–Crippen MR) is 81.3 cm³/mol. The summed E-state index contributed by atoms with van der Waals surface area (Å²) in [6.07, 6.45) is 4.61. The zero-order valence-corrected chi connectivity index (χ0v) is 12.4. The largest absolute Gasteiger partial charge is 0.493 e. The van der Waals surface area contributed by atoms with Crippen LogP contribution in [0, 0.1) is 0 Å². The van der Waals surface area contributed by atoms with Gasteiger partial charge in [0.1, 0.15) is 6.10 Å². The van der Waals surface area contributed by atoms with Crippen molar-refractivity contribution in [1.82, 2.24) is 0 Å². The molecule has 0 aliphatic carbocycles. The zero-order chi connectivity index (χ0) is 13.5.